The molecule has 0 unspecified atom stereocenters. The molecule has 2 aromatic carbocycles. The maximum absolute atomic E-state index is 12.0. The Morgan fingerprint density at radius 2 is 1.84 bits per heavy atom. The zero-order valence-corrected chi connectivity index (χ0v) is 14.4. The average molecular weight is 337 g/mol. The largest absolute Gasteiger partial charge is 0.484 e. The molecule has 3 aromatic rings. The zero-order chi connectivity index (χ0) is 17.8. The van der Waals surface area contributed by atoms with E-state index in [-0.39, 0.29) is 18.5 Å². The van der Waals surface area contributed by atoms with Gasteiger partial charge < -0.3 is 9.26 Å². The van der Waals surface area contributed by atoms with E-state index in [2.05, 4.69) is 15.5 Å². The third kappa shape index (κ3) is 4.44. The van der Waals surface area contributed by atoms with Gasteiger partial charge in [-0.1, -0.05) is 23.8 Å². The van der Waals surface area contributed by atoms with E-state index in [0.717, 1.165) is 22.3 Å². The van der Waals surface area contributed by atoms with Crippen LogP contribution in [-0.2, 0) is 4.79 Å². The monoisotopic (exact) mass is 337 g/mol. The Hall–Kier alpha value is -3.15. The summed E-state index contributed by atoms with van der Waals surface area (Å²) in [5, 5.41) is 6.34. The first kappa shape index (κ1) is 16.7. The summed E-state index contributed by atoms with van der Waals surface area (Å²) in [4.78, 5) is 16.2. The quantitative estimate of drug-likeness (QED) is 0.768. The number of anilines is 1. The van der Waals surface area contributed by atoms with Crippen LogP contribution in [0, 0.1) is 20.8 Å². The summed E-state index contributed by atoms with van der Waals surface area (Å²) < 4.78 is 10.7. The van der Waals surface area contributed by atoms with Crippen LogP contribution in [0.25, 0.3) is 11.5 Å². The van der Waals surface area contributed by atoms with Gasteiger partial charge in [-0.15, -0.1) is 0 Å². The van der Waals surface area contributed by atoms with Gasteiger partial charge in [0.2, 0.25) is 0 Å². The van der Waals surface area contributed by atoms with E-state index in [1.165, 1.54) is 0 Å². The molecule has 0 aliphatic carbocycles. The molecule has 0 atom stereocenters. The molecule has 0 spiro atoms. The standard InChI is InChI=1S/C19H19N3O3/c1-12-5-4-6-15(8-12)18-21-19(22-25-18)20-17(23)11-24-16-9-13(2)7-14(3)10-16/h4-10H,11H2,1-3H3,(H,20,22,23). The number of hydrogen-bond donors (Lipinski definition) is 1. The molecule has 1 amide bonds. The fraction of sp³-hybridized carbons (Fsp3) is 0.211. The number of carbonyl (C=O) groups excluding carboxylic acids is 1. The van der Waals surface area contributed by atoms with Crippen LogP contribution in [0.15, 0.2) is 47.0 Å². The van der Waals surface area contributed by atoms with Crippen molar-refractivity contribution in [2.24, 2.45) is 0 Å². The summed E-state index contributed by atoms with van der Waals surface area (Å²) in [7, 11) is 0. The Balaban J connectivity index is 1.60. The molecule has 6 heteroatoms. The SMILES string of the molecule is Cc1cc(C)cc(OCC(=O)Nc2noc(-c3cccc(C)c3)n2)c1. The zero-order valence-electron chi connectivity index (χ0n) is 14.4. The molecule has 0 fully saturated rings. The van der Waals surface area contributed by atoms with Gasteiger partial charge in [-0.3, -0.25) is 10.1 Å². The van der Waals surface area contributed by atoms with Crippen molar-refractivity contribution in [2.75, 3.05) is 11.9 Å². The first-order chi connectivity index (χ1) is 12.0. The number of hydrogen-bond acceptors (Lipinski definition) is 5. The summed E-state index contributed by atoms with van der Waals surface area (Å²) >= 11 is 0. The van der Waals surface area contributed by atoms with Crippen molar-refractivity contribution in [3.05, 3.63) is 59.2 Å². The molecule has 1 N–H and O–H groups in total. The van der Waals surface area contributed by atoms with Crippen LogP contribution in [0.1, 0.15) is 16.7 Å². The van der Waals surface area contributed by atoms with E-state index in [1.54, 1.807) is 0 Å². The lowest BCUT2D eigenvalue weighted by atomic mass is 10.1. The van der Waals surface area contributed by atoms with Crippen molar-refractivity contribution < 1.29 is 14.1 Å². The Morgan fingerprint density at radius 1 is 1.08 bits per heavy atom. The highest BCUT2D eigenvalue weighted by Gasteiger charge is 2.12. The Morgan fingerprint density at radius 3 is 2.56 bits per heavy atom. The lowest BCUT2D eigenvalue weighted by molar-refractivity contribution is -0.118. The van der Waals surface area contributed by atoms with Crippen LogP contribution >= 0.6 is 0 Å². The van der Waals surface area contributed by atoms with E-state index >= 15 is 0 Å². The van der Waals surface area contributed by atoms with E-state index in [0.29, 0.717) is 11.6 Å². The van der Waals surface area contributed by atoms with Gasteiger partial charge in [0.1, 0.15) is 5.75 Å². The number of ether oxygens (including phenoxy) is 1. The van der Waals surface area contributed by atoms with E-state index < -0.39 is 0 Å². The highest BCUT2D eigenvalue weighted by molar-refractivity contribution is 5.90. The van der Waals surface area contributed by atoms with Gasteiger partial charge in [0.15, 0.2) is 6.61 Å². The van der Waals surface area contributed by atoms with Crippen molar-refractivity contribution in [1.82, 2.24) is 10.1 Å². The number of carbonyl (C=O) groups is 1. The van der Waals surface area contributed by atoms with Crippen molar-refractivity contribution in [1.29, 1.82) is 0 Å². The minimum Gasteiger partial charge on any atom is -0.484 e. The third-order valence-electron chi connectivity index (χ3n) is 3.51. The predicted molar refractivity (Wildman–Crippen MR) is 94.5 cm³/mol. The molecule has 3 rings (SSSR count). The van der Waals surface area contributed by atoms with E-state index in [9.17, 15) is 4.79 Å². The molecule has 0 bridgehead atoms. The molecule has 0 aliphatic heterocycles. The number of nitrogens with one attached hydrogen (secondary N) is 1. The first-order valence-corrected chi connectivity index (χ1v) is 7.91. The van der Waals surface area contributed by atoms with Gasteiger partial charge in [0, 0.05) is 5.56 Å². The number of rotatable bonds is 5. The Kier molecular flexibility index (Phi) is 4.79. The fourth-order valence-corrected chi connectivity index (χ4v) is 2.50. The van der Waals surface area contributed by atoms with Crippen LogP contribution in [-0.4, -0.2) is 22.7 Å². The van der Waals surface area contributed by atoms with Crippen molar-refractivity contribution in [2.45, 2.75) is 20.8 Å². The van der Waals surface area contributed by atoms with Gasteiger partial charge in [-0.05, 0) is 61.3 Å². The smallest absolute Gasteiger partial charge is 0.270 e. The molecule has 25 heavy (non-hydrogen) atoms. The minimum atomic E-state index is -0.351. The number of aryl methyl sites for hydroxylation is 3. The van der Waals surface area contributed by atoms with Gasteiger partial charge in [-0.2, -0.15) is 4.98 Å². The van der Waals surface area contributed by atoms with Gasteiger partial charge in [0.05, 0.1) is 0 Å². The molecule has 0 saturated carbocycles. The van der Waals surface area contributed by atoms with Gasteiger partial charge in [0.25, 0.3) is 17.7 Å². The summed E-state index contributed by atoms with van der Waals surface area (Å²) in [6.45, 7) is 5.81. The second-order valence-electron chi connectivity index (χ2n) is 5.95. The minimum absolute atomic E-state index is 0.116. The molecule has 0 aliphatic rings. The summed E-state index contributed by atoms with van der Waals surface area (Å²) in [6.07, 6.45) is 0. The van der Waals surface area contributed by atoms with Crippen LogP contribution in [0.3, 0.4) is 0 Å². The average Bonchev–Trinajstić information content (AvgIpc) is 3.00. The van der Waals surface area contributed by atoms with Crippen molar-refractivity contribution in [3.63, 3.8) is 0 Å². The Bertz CT molecular complexity index is 882. The highest BCUT2D eigenvalue weighted by Crippen LogP contribution is 2.20. The highest BCUT2D eigenvalue weighted by atomic mass is 16.5. The summed E-state index contributed by atoms with van der Waals surface area (Å²) in [5.41, 5.74) is 4.05. The van der Waals surface area contributed by atoms with Crippen molar-refractivity contribution in [3.8, 4) is 17.2 Å². The molecule has 1 aromatic heterocycles. The maximum Gasteiger partial charge on any atom is 0.270 e. The number of amides is 1. The second kappa shape index (κ2) is 7.17. The van der Waals surface area contributed by atoms with Crippen molar-refractivity contribution >= 4 is 11.9 Å². The molecular weight excluding hydrogens is 318 g/mol. The third-order valence-corrected chi connectivity index (χ3v) is 3.51. The summed E-state index contributed by atoms with van der Waals surface area (Å²) in [5.74, 6) is 0.775. The molecule has 0 saturated heterocycles. The summed E-state index contributed by atoms with van der Waals surface area (Å²) in [6, 6.07) is 13.5. The fourth-order valence-electron chi connectivity index (χ4n) is 2.50. The normalized spacial score (nSPS) is 10.5. The second-order valence-corrected chi connectivity index (χ2v) is 5.95. The van der Waals surface area contributed by atoms with E-state index in [1.807, 2.05) is 63.2 Å². The van der Waals surface area contributed by atoms with Crippen LogP contribution in [0.5, 0.6) is 5.75 Å². The van der Waals surface area contributed by atoms with Crippen LogP contribution in [0.4, 0.5) is 5.95 Å². The van der Waals surface area contributed by atoms with Crippen LogP contribution < -0.4 is 10.1 Å². The topological polar surface area (TPSA) is 77.2 Å². The maximum atomic E-state index is 12.0. The predicted octanol–water partition coefficient (Wildman–Crippen LogP) is 3.68. The van der Waals surface area contributed by atoms with Gasteiger partial charge >= 0.3 is 0 Å². The molecule has 0 radical (unpaired) electrons. The molecule has 6 nitrogen and oxygen atoms in total. The Labute approximate surface area is 145 Å². The molecule has 128 valence electrons. The lowest BCUT2D eigenvalue weighted by Gasteiger charge is -2.07. The number of nitrogens with zero attached hydrogens (tertiary/aromatic N) is 2. The van der Waals surface area contributed by atoms with Crippen LogP contribution in [0.2, 0.25) is 0 Å². The lowest BCUT2D eigenvalue weighted by Crippen LogP contribution is -2.20. The first-order valence-electron chi connectivity index (χ1n) is 7.91. The molecular formula is C19H19N3O3. The number of aromatic nitrogens is 2. The van der Waals surface area contributed by atoms with E-state index in [4.69, 9.17) is 9.26 Å². The molecule has 1 heterocycles. The number of benzene rings is 2. The van der Waals surface area contributed by atoms with Gasteiger partial charge in [-0.25, -0.2) is 0 Å².